The van der Waals surface area contributed by atoms with Crippen LogP contribution in [-0.2, 0) is 13.0 Å². The van der Waals surface area contributed by atoms with Crippen LogP contribution in [0.15, 0.2) is 48.5 Å². The van der Waals surface area contributed by atoms with Crippen LogP contribution in [0.4, 0.5) is 0 Å². The number of para-hydroxylation sites is 1. The molecule has 0 bridgehead atoms. The molecule has 2 aromatic carbocycles. The smallest absolute Gasteiger partial charge is 0.140 e. The van der Waals surface area contributed by atoms with Crippen LogP contribution in [-0.4, -0.2) is 11.0 Å². The zero-order valence-corrected chi connectivity index (χ0v) is 12.8. The molecule has 0 aliphatic rings. The van der Waals surface area contributed by atoms with Gasteiger partial charge in [-0.15, -0.1) is 11.3 Å². The quantitative estimate of drug-likeness (QED) is 0.780. The Kier molecular flexibility index (Phi) is 4.18. The zero-order chi connectivity index (χ0) is 14.7. The van der Waals surface area contributed by atoms with Crippen molar-refractivity contribution in [2.75, 3.05) is 0 Å². The lowest BCUT2D eigenvalue weighted by molar-refractivity contribution is 0.305. The van der Waals surface area contributed by atoms with Crippen LogP contribution in [0.3, 0.4) is 0 Å². The number of fused-ring (bicyclic) bond motifs is 1. The van der Waals surface area contributed by atoms with Crippen molar-refractivity contribution in [1.29, 1.82) is 0 Å². The van der Waals surface area contributed by atoms with Crippen LogP contribution in [0.5, 0.6) is 5.75 Å². The fraction of sp³-hybridized carbons (Fsp3) is 0.235. The Balaban J connectivity index is 1.69. The van der Waals surface area contributed by atoms with Crippen LogP contribution in [0, 0.1) is 0 Å². The molecule has 1 unspecified atom stereocenters. The molecule has 3 aromatic rings. The molecule has 1 atom stereocenters. The fourth-order valence-corrected chi connectivity index (χ4v) is 3.14. The van der Waals surface area contributed by atoms with E-state index in [1.165, 1.54) is 10.3 Å². The first-order valence-electron chi connectivity index (χ1n) is 7.02. The highest BCUT2D eigenvalue weighted by atomic mass is 32.1. The molecule has 0 saturated carbocycles. The van der Waals surface area contributed by atoms with Crippen molar-refractivity contribution in [2.24, 2.45) is 5.73 Å². The van der Waals surface area contributed by atoms with E-state index in [0.29, 0.717) is 6.61 Å². The summed E-state index contributed by atoms with van der Waals surface area (Å²) in [6.45, 7) is 2.51. The highest BCUT2D eigenvalue weighted by Crippen LogP contribution is 2.23. The van der Waals surface area contributed by atoms with Crippen molar-refractivity contribution in [3.8, 4) is 5.75 Å². The molecule has 0 fully saturated rings. The lowest BCUT2D eigenvalue weighted by atomic mass is 10.1. The monoisotopic (exact) mass is 298 g/mol. The molecule has 0 aliphatic heterocycles. The van der Waals surface area contributed by atoms with E-state index in [4.69, 9.17) is 10.5 Å². The van der Waals surface area contributed by atoms with Gasteiger partial charge in [-0.3, -0.25) is 0 Å². The Morgan fingerprint density at radius 2 is 2.05 bits per heavy atom. The molecule has 108 valence electrons. The topological polar surface area (TPSA) is 48.1 Å². The summed E-state index contributed by atoms with van der Waals surface area (Å²) in [5, 5.41) is 0.994. The average molecular weight is 298 g/mol. The maximum absolute atomic E-state index is 5.85. The summed E-state index contributed by atoms with van der Waals surface area (Å²) in [6.07, 6.45) is 0.859. The van der Waals surface area contributed by atoms with Gasteiger partial charge in [-0.05, 0) is 43.2 Å². The van der Waals surface area contributed by atoms with Crippen molar-refractivity contribution in [3.05, 3.63) is 59.1 Å². The molecule has 0 spiro atoms. The van der Waals surface area contributed by atoms with Crippen LogP contribution in [0.2, 0.25) is 0 Å². The van der Waals surface area contributed by atoms with Gasteiger partial charge in [0.05, 0.1) is 10.2 Å². The van der Waals surface area contributed by atoms with E-state index < -0.39 is 0 Å². The first-order valence-corrected chi connectivity index (χ1v) is 7.84. The Bertz CT molecular complexity index is 703. The van der Waals surface area contributed by atoms with Gasteiger partial charge in [0, 0.05) is 6.04 Å². The standard InChI is InChI=1S/C17H18N2OS/c1-12(18)9-13-5-4-6-14(10-13)20-11-17-19-15-7-2-3-8-16(15)21-17/h2-8,10,12H,9,11,18H2,1H3. The van der Waals surface area contributed by atoms with Crippen molar-refractivity contribution in [2.45, 2.75) is 26.0 Å². The van der Waals surface area contributed by atoms with E-state index in [-0.39, 0.29) is 6.04 Å². The van der Waals surface area contributed by atoms with Gasteiger partial charge in [-0.25, -0.2) is 4.98 Å². The van der Waals surface area contributed by atoms with Crippen LogP contribution in [0.25, 0.3) is 10.2 Å². The zero-order valence-electron chi connectivity index (χ0n) is 12.0. The minimum absolute atomic E-state index is 0.157. The van der Waals surface area contributed by atoms with E-state index in [2.05, 4.69) is 23.2 Å². The van der Waals surface area contributed by atoms with Gasteiger partial charge in [0.15, 0.2) is 0 Å². The van der Waals surface area contributed by atoms with Crippen LogP contribution in [0.1, 0.15) is 17.5 Å². The molecule has 2 N–H and O–H groups in total. The molecule has 0 saturated heterocycles. The van der Waals surface area contributed by atoms with Gasteiger partial charge >= 0.3 is 0 Å². The number of benzene rings is 2. The average Bonchev–Trinajstić information content (AvgIpc) is 2.87. The Morgan fingerprint density at radius 1 is 1.19 bits per heavy atom. The number of aromatic nitrogens is 1. The summed E-state index contributed by atoms with van der Waals surface area (Å²) in [5.74, 6) is 0.868. The molecule has 3 nitrogen and oxygen atoms in total. The maximum atomic E-state index is 5.85. The third-order valence-electron chi connectivity index (χ3n) is 3.16. The summed E-state index contributed by atoms with van der Waals surface area (Å²) in [7, 11) is 0. The van der Waals surface area contributed by atoms with Gasteiger partial charge < -0.3 is 10.5 Å². The number of thiazole rings is 1. The lowest BCUT2D eigenvalue weighted by Gasteiger charge is -2.08. The fourth-order valence-electron chi connectivity index (χ4n) is 2.26. The van der Waals surface area contributed by atoms with Crippen LogP contribution >= 0.6 is 11.3 Å². The van der Waals surface area contributed by atoms with Crippen molar-refractivity contribution < 1.29 is 4.74 Å². The molecule has 0 amide bonds. The first-order chi connectivity index (χ1) is 10.2. The van der Waals surface area contributed by atoms with Gasteiger partial charge in [0.2, 0.25) is 0 Å². The molecule has 21 heavy (non-hydrogen) atoms. The van der Waals surface area contributed by atoms with E-state index in [1.54, 1.807) is 11.3 Å². The summed E-state index contributed by atoms with van der Waals surface area (Å²) in [4.78, 5) is 4.57. The second-order valence-corrected chi connectivity index (χ2v) is 6.31. The number of rotatable bonds is 5. The number of hydrogen-bond donors (Lipinski definition) is 1. The molecule has 4 heteroatoms. The SMILES string of the molecule is CC(N)Cc1cccc(OCc2nc3ccccc3s2)c1. The normalized spacial score (nSPS) is 12.5. The van der Waals surface area contributed by atoms with Crippen molar-refractivity contribution in [1.82, 2.24) is 4.98 Å². The highest BCUT2D eigenvalue weighted by molar-refractivity contribution is 7.18. The summed E-state index contributed by atoms with van der Waals surface area (Å²) >= 11 is 1.68. The molecule has 0 aliphatic carbocycles. The first kappa shape index (κ1) is 14.0. The summed E-state index contributed by atoms with van der Waals surface area (Å²) in [5.41, 5.74) is 8.07. The maximum Gasteiger partial charge on any atom is 0.140 e. The van der Waals surface area contributed by atoms with Gasteiger partial charge in [0.25, 0.3) is 0 Å². The Labute approximate surface area is 128 Å². The minimum atomic E-state index is 0.157. The largest absolute Gasteiger partial charge is 0.486 e. The highest BCUT2D eigenvalue weighted by Gasteiger charge is 2.05. The summed E-state index contributed by atoms with van der Waals surface area (Å²) in [6, 6.07) is 16.4. The van der Waals surface area contributed by atoms with E-state index in [0.717, 1.165) is 22.7 Å². The molecule has 1 heterocycles. The van der Waals surface area contributed by atoms with Crippen molar-refractivity contribution >= 4 is 21.6 Å². The van der Waals surface area contributed by atoms with Crippen molar-refractivity contribution in [3.63, 3.8) is 0 Å². The van der Waals surface area contributed by atoms with Gasteiger partial charge in [-0.1, -0.05) is 24.3 Å². The minimum Gasteiger partial charge on any atom is -0.486 e. The second-order valence-electron chi connectivity index (χ2n) is 5.19. The number of nitrogens with two attached hydrogens (primary N) is 1. The van der Waals surface area contributed by atoms with Gasteiger partial charge in [0.1, 0.15) is 17.4 Å². The van der Waals surface area contributed by atoms with E-state index in [1.807, 2.05) is 37.3 Å². The number of nitrogens with zero attached hydrogens (tertiary/aromatic N) is 1. The molecule has 1 aromatic heterocycles. The third-order valence-corrected chi connectivity index (χ3v) is 4.17. The predicted molar refractivity (Wildman–Crippen MR) is 87.7 cm³/mol. The molecule has 3 rings (SSSR count). The molecule has 0 radical (unpaired) electrons. The summed E-state index contributed by atoms with van der Waals surface area (Å²) < 4.78 is 7.05. The van der Waals surface area contributed by atoms with Crippen LogP contribution < -0.4 is 10.5 Å². The Morgan fingerprint density at radius 3 is 2.86 bits per heavy atom. The number of ether oxygens (including phenoxy) is 1. The third kappa shape index (κ3) is 3.60. The van der Waals surface area contributed by atoms with Gasteiger partial charge in [-0.2, -0.15) is 0 Å². The lowest BCUT2D eigenvalue weighted by Crippen LogP contribution is -2.17. The van der Waals surface area contributed by atoms with E-state index >= 15 is 0 Å². The number of hydrogen-bond acceptors (Lipinski definition) is 4. The molecular weight excluding hydrogens is 280 g/mol. The predicted octanol–water partition coefficient (Wildman–Crippen LogP) is 3.77. The molecular formula is C17H18N2OS. The Hall–Kier alpha value is -1.91. The second kappa shape index (κ2) is 6.24. The van der Waals surface area contributed by atoms with E-state index in [9.17, 15) is 0 Å².